The highest BCUT2D eigenvalue weighted by Crippen LogP contribution is 2.24. The van der Waals surface area contributed by atoms with Crippen LogP contribution in [0.3, 0.4) is 0 Å². The van der Waals surface area contributed by atoms with Crippen molar-refractivity contribution in [1.29, 1.82) is 5.26 Å². The summed E-state index contributed by atoms with van der Waals surface area (Å²) < 4.78 is 1.80. The van der Waals surface area contributed by atoms with E-state index in [9.17, 15) is 0 Å². The fourth-order valence-electron chi connectivity index (χ4n) is 1.35. The third-order valence-corrected chi connectivity index (χ3v) is 3.59. The summed E-state index contributed by atoms with van der Waals surface area (Å²) in [6.45, 7) is 9.72. The molecule has 0 atom stereocenters. The Balaban J connectivity index is 2.39. The summed E-state index contributed by atoms with van der Waals surface area (Å²) in [5.41, 5.74) is -0.287. The SMILES string of the molecule is CC(C)NCCn1nnnc1SCCC(C)(C)C#N. The van der Waals surface area contributed by atoms with Crippen LogP contribution in [0.1, 0.15) is 34.1 Å². The number of tetrazole rings is 1. The van der Waals surface area contributed by atoms with E-state index in [0.717, 1.165) is 30.4 Å². The second-order valence-electron chi connectivity index (χ2n) is 5.39. The molecule has 0 aromatic carbocycles. The zero-order valence-electron chi connectivity index (χ0n) is 12.1. The van der Waals surface area contributed by atoms with Crippen molar-refractivity contribution in [2.75, 3.05) is 12.3 Å². The second-order valence-corrected chi connectivity index (χ2v) is 6.45. The van der Waals surface area contributed by atoms with E-state index < -0.39 is 0 Å². The van der Waals surface area contributed by atoms with Crippen molar-refractivity contribution in [3.05, 3.63) is 0 Å². The van der Waals surface area contributed by atoms with E-state index in [2.05, 4.69) is 40.8 Å². The molecule has 106 valence electrons. The van der Waals surface area contributed by atoms with Crippen LogP contribution >= 0.6 is 11.8 Å². The maximum Gasteiger partial charge on any atom is 0.209 e. The van der Waals surface area contributed by atoms with E-state index >= 15 is 0 Å². The summed E-state index contributed by atoms with van der Waals surface area (Å²) in [5, 5.41) is 24.8. The summed E-state index contributed by atoms with van der Waals surface area (Å²) in [5.74, 6) is 0.846. The summed E-state index contributed by atoms with van der Waals surface area (Å²) in [7, 11) is 0. The molecule has 0 aliphatic heterocycles. The van der Waals surface area contributed by atoms with Crippen LogP contribution < -0.4 is 5.32 Å². The molecule has 1 N–H and O–H groups in total. The van der Waals surface area contributed by atoms with E-state index in [0.29, 0.717) is 6.04 Å². The van der Waals surface area contributed by atoms with Crippen LogP contribution in [0, 0.1) is 16.7 Å². The summed E-state index contributed by atoms with van der Waals surface area (Å²) in [4.78, 5) is 0. The van der Waals surface area contributed by atoms with Crippen molar-refractivity contribution in [2.24, 2.45) is 5.41 Å². The molecule has 0 spiro atoms. The molecule has 1 heterocycles. The normalized spacial score (nSPS) is 11.8. The Morgan fingerprint density at radius 3 is 2.84 bits per heavy atom. The van der Waals surface area contributed by atoms with Gasteiger partial charge in [-0.15, -0.1) is 5.10 Å². The lowest BCUT2D eigenvalue weighted by Gasteiger charge is -2.13. The Kier molecular flexibility index (Phi) is 6.25. The lowest BCUT2D eigenvalue weighted by molar-refractivity contribution is 0.477. The van der Waals surface area contributed by atoms with Crippen molar-refractivity contribution in [3.63, 3.8) is 0 Å². The Hall–Kier alpha value is -1.13. The molecular formula is C12H22N6S. The molecule has 0 radical (unpaired) electrons. The Morgan fingerprint density at radius 2 is 2.21 bits per heavy atom. The molecule has 0 amide bonds. The first-order valence-electron chi connectivity index (χ1n) is 6.48. The Morgan fingerprint density at radius 1 is 1.47 bits per heavy atom. The zero-order chi connectivity index (χ0) is 14.3. The van der Waals surface area contributed by atoms with Gasteiger partial charge >= 0.3 is 0 Å². The molecule has 1 aromatic rings. The highest BCUT2D eigenvalue weighted by atomic mass is 32.2. The number of nitriles is 1. The van der Waals surface area contributed by atoms with E-state index in [1.165, 1.54) is 0 Å². The highest BCUT2D eigenvalue weighted by Gasteiger charge is 2.17. The maximum absolute atomic E-state index is 8.96. The number of nitrogens with one attached hydrogen (secondary N) is 1. The predicted molar refractivity (Wildman–Crippen MR) is 75.7 cm³/mol. The molecule has 0 unspecified atom stereocenters. The van der Waals surface area contributed by atoms with Crippen LogP contribution in [0.5, 0.6) is 0 Å². The number of hydrogen-bond donors (Lipinski definition) is 1. The quantitative estimate of drug-likeness (QED) is 0.731. The minimum atomic E-state index is -0.287. The minimum absolute atomic E-state index is 0.287. The van der Waals surface area contributed by atoms with Gasteiger partial charge in [-0.3, -0.25) is 0 Å². The van der Waals surface area contributed by atoms with E-state index in [4.69, 9.17) is 5.26 Å². The van der Waals surface area contributed by atoms with Crippen LogP contribution in [-0.2, 0) is 6.54 Å². The monoisotopic (exact) mass is 282 g/mol. The average Bonchev–Trinajstić information content (AvgIpc) is 2.76. The van der Waals surface area contributed by atoms with Crippen LogP contribution in [0.25, 0.3) is 0 Å². The fourth-order valence-corrected chi connectivity index (χ4v) is 2.52. The first kappa shape index (κ1) is 15.9. The zero-order valence-corrected chi connectivity index (χ0v) is 12.9. The molecule has 0 fully saturated rings. The molecule has 0 bridgehead atoms. The average molecular weight is 282 g/mol. The molecule has 1 rings (SSSR count). The van der Waals surface area contributed by atoms with Gasteiger partial charge in [-0.05, 0) is 30.7 Å². The van der Waals surface area contributed by atoms with Gasteiger partial charge in [0.15, 0.2) is 0 Å². The summed E-state index contributed by atoms with van der Waals surface area (Å²) in [6, 6.07) is 2.76. The Bertz CT molecular complexity index is 420. The summed E-state index contributed by atoms with van der Waals surface area (Å²) >= 11 is 1.60. The van der Waals surface area contributed by atoms with Crippen LogP contribution in [0.2, 0.25) is 0 Å². The lowest BCUT2D eigenvalue weighted by atomic mass is 9.93. The maximum atomic E-state index is 8.96. The Labute approximate surface area is 118 Å². The molecule has 0 aliphatic rings. The molecule has 0 aliphatic carbocycles. The molecule has 7 heteroatoms. The topological polar surface area (TPSA) is 79.4 Å². The van der Waals surface area contributed by atoms with Crippen molar-refractivity contribution >= 4 is 11.8 Å². The van der Waals surface area contributed by atoms with Crippen LogP contribution in [0.15, 0.2) is 5.16 Å². The van der Waals surface area contributed by atoms with Crippen molar-refractivity contribution in [2.45, 2.75) is 51.9 Å². The van der Waals surface area contributed by atoms with Crippen LogP contribution in [0.4, 0.5) is 0 Å². The van der Waals surface area contributed by atoms with Crippen molar-refractivity contribution < 1.29 is 0 Å². The van der Waals surface area contributed by atoms with E-state index in [-0.39, 0.29) is 5.41 Å². The number of rotatable bonds is 8. The minimum Gasteiger partial charge on any atom is -0.313 e. The van der Waals surface area contributed by atoms with Gasteiger partial charge in [0.2, 0.25) is 5.16 Å². The smallest absolute Gasteiger partial charge is 0.209 e. The predicted octanol–water partition coefficient (Wildman–Crippen LogP) is 1.70. The van der Waals surface area contributed by atoms with Crippen molar-refractivity contribution in [1.82, 2.24) is 25.5 Å². The molecule has 19 heavy (non-hydrogen) atoms. The van der Waals surface area contributed by atoms with Gasteiger partial charge < -0.3 is 5.32 Å². The van der Waals surface area contributed by atoms with Gasteiger partial charge in [-0.1, -0.05) is 25.6 Å². The fraction of sp³-hybridized carbons (Fsp3) is 0.833. The van der Waals surface area contributed by atoms with E-state index in [1.807, 2.05) is 13.8 Å². The van der Waals surface area contributed by atoms with Gasteiger partial charge in [0.1, 0.15) is 0 Å². The van der Waals surface area contributed by atoms with Crippen LogP contribution in [-0.4, -0.2) is 38.5 Å². The first-order chi connectivity index (χ1) is 8.94. The highest BCUT2D eigenvalue weighted by molar-refractivity contribution is 7.99. The number of aromatic nitrogens is 4. The van der Waals surface area contributed by atoms with Gasteiger partial charge in [0, 0.05) is 18.3 Å². The summed E-state index contributed by atoms with van der Waals surface area (Å²) in [6.07, 6.45) is 0.825. The molecule has 0 saturated carbocycles. The van der Waals surface area contributed by atoms with Gasteiger partial charge in [0.25, 0.3) is 0 Å². The number of nitrogens with zero attached hydrogens (tertiary/aromatic N) is 5. The molecule has 0 saturated heterocycles. The number of thioether (sulfide) groups is 1. The third-order valence-electron chi connectivity index (χ3n) is 2.64. The van der Waals surface area contributed by atoms with Gasteiger partial charge in [0.05, 0.1) is 18.0 Å². The van der Waals surface area contributed by atoms with E-state index in [1.54, 1.807) is 16.4 Å². The van der Waals surface area contributed by atoms with Gasteiger partial charge in [-0.25, -0.2) is 4.68 Å². The second kappa shape index (κ2) is 7.46. The number of hydrogen-bond acceptors (Lipinski definition) is 6. The first-order valence-corrected chi connectivity index (χ1v) is 7.47. The lowest BCUT2D eigenvalue weighted by Crippen LogP contribution is -2.27. The van der Waals surface area contributed by atoms with Gasteiger partial charge in [-0.2, -0.15) is 5.26 Å². The standard InChI is InChI=1S/C12H22N6S/c1-10(2)14-6-7-18-11(15-16-17-18)19-8-5-12(3,4)9-13/h10,14H,5-8H2,1-4H3. The molecule has 1 aromatic heterocycles. The largest absolute Gasteiger partial charge is 0.313 e. The molecule has 6 nitrogen and oxygen atoms in total. The van der Waals surface area contributed by atoms with Crippen molar-refractivity contribution in [3.8, 4) is 6.07 Å². The third kappa shape index (κ3) is 6.03. The molecular weight excluding hydrogens is 260 g/mol.